The van der Waals surface area contributed by atoms with Crippen molar-refractivity contribution < 1.29 is 22.7 Å². The van der Waals surface area contributed by atoms with Gasteiger partial charge in [-0.25, -0.2) is 4.68 Å². The monoisotopic (exact) mass is 472 g/mol. The maximum absolute atomic E-state index is 13.8. The van der Waals surface area contributed by atoms with Crippen LogP contribution in [0.15, 0.2) is 48.7 Å². The Bertz CT molecular complexity index is 1150. The summed E-state index contributed by atoms with van der Waals surface area (Å²) in [7, 11) is 0. The number of halogens is 3. The molecule has 2 heterocycles. The van der Waals surface area contributed by atoms with Crippen molar-refractivity contribution in [3.63, 3.8) is 0 Å². The number of aromatic nitrogens is 2. The maximum Gasteiger partial charge on any atom is 0.416 e. The number of carbonyl (C=O) groups is 1. The second-order valence-electron chi connectivity index (χ2n) is 8.23. The number of nitrogens with one attached hydrogen (secondary N) is 1. The van der Waals surface area contributed by atoms with Gasteiger partial charge in [-0.15, -0.1) is 0 Å². The first-order valence-electron chi connectivity index (χ1n) is 11.2. The number of anilines is 1. The van der Waals surface area contributed by atoms with Crippen LogP contribution in [0.2, 0.25) is 0 Å². The molecule has 1 aliphatic rings. The Morgan fingerprint density at radius 1 is 1.09 bits per heavy atom. The first-order chi connectivity index (χ1) is 16.3. The molecule has 1 fully saturated rings. The minimum absolute atomic E-state index is 0.0156. The van der Waals surface area contributed by atoms with Crippen LogP contribution >= 0.6 is 0 Å². The first-order valence-corrected chi connectivity index (χ1v) is 11.2. The van der Waals surface area contributed by atoms with E-state index in [4.69, 9.17) is 4.74 Å². The highest BCUT2D eigenvalue weighted by Gasteiger charge is 2.34. The van der Waals surface area contributed by atoms with Gasteiger partial charge in [0.05, 0.1) is 41.9 Å². The molecule has 0 bridgehead atoms. The van der Waals surface area contributed by atoms with Crippen molar-refractivity contribution in [1.29, 1.82) is 0 Å². The van der Waals surface area contributed by atoms with Crippen molar-refractivity contribution in [3.05, 3.63) is 76.6 Å². The smallest absolute Gasteiger partial charge is 0.378 e. The van der Waals surface area contributed by atoms with Crippen molar-refractivity contribution in [3.8, 4) is 5.69 Å². The second kappa shape index (κ2) is 9.89. The van der Waals surface area contributed by atoms with E-state index in [0.717, 1.165) is 17.3 Å². The van der Waals surface area contributed by atoms with E-state index in [9.17, 15) is 18.0 Å². The summed E-state index contributed by atoms with van der Waals surface area (Å²) in [5.74, 6) is -0.458. The number of rotatable bonds is 6. The number of nitrogens with zero attached hydrogens (tertiary/aromatic N) is 3. The average molecular weight is 473 g/mol. The molecule has 1 saturated heterocycles. The third kappa shape index (κ3) is 5.09. The van der Waals surface area contributed by atoms with E-state index in [1.807, 2.05) is 43.0 Å². The first kappa shape index (κ1) is 23.8. The third-order valence-electron chi connectivity index (χ3n) is 5.94. The number of hydrogen-bond acceptors (Lipinski definition) is 4. The van der Waals surface area contributed by atoms with Gasteiger partial charge in [0.25, 0.3) is 5.91 Å². The van der Waals surface area contributed by atoms with Gasteiger partial charge in [-0.05, 0) is 43.2 Å². The molecular weight excluding hydrogens is 445 g/mol. The van der Waals surface area contributed by atoms with Gasteiger partial charge >= 0.3 is 6.18 Å². The SMILES string of the molecule is CCc1c(C(=O)NCc2ccc(N3CCOCC3)cc2C(F)(F)F)cnn1-c1ccc(C)cc1. The molecule has 34 heavy (non-hydrogen) atoms. The van der Waals surface area contributed by atoms with E-state index >= 15 is 0 Å². The van der Waals surface area contributed by atoms with Crippen molar-refractivity contribution in [1.82, 2.24) is 15.1 Å². The fourth-order valence-electron chi connectivity index (χ4n) is 4.08. The Kier molecular flexibility index (Phi) is 6.92. The van der Waals surface area contributed by atoms with Crippen molar-refractivity contribution in [2.75, 3.05) is 31.2 Å². The average Bonchev–Trinajstić information content (AvgIpc) is 3.27. The standard InChI is InChI=1S/C25H27F3N4O2/c1-3-23-21(16-30-32(23)19-7-4-17(2)5-8-19)24(33)29-15-18-6-9-20(14-22(18)25(26,27)28)31-10-12-34-13-11-31/h4-9,14,16H,3,10-13,15H2,1-2H3,(H,29,33). The zero-order chi connectivity index (χ0) is 24.3. The van der Waals surface area contributed by atoms with Crippen LogP contribution in [-0.2, 0) is 23.9 Å². The molecule has 1 N–H and O–H groups in total. The summed E-state index contributed by atoms with van der Waals surface area (Å²) in [6.07, 6.45) is -2.54. The summed E-state index contributed by atoms with van der Waals surface area (Å²) in [6, 6.07) is 12.0. The second-order valence-corrected chi connectivity index (χ2v) is 8.23. The molecule has 0 aliphatic carbocycles. The molecule has 9 heteroatoms. The van der Waals surface area contributed by atoms with Crippen LogP contribution in [0.25, 0.3) is 5.69 Å². The quantitative estimate of drug-likeness (QED) is 0.573. The van der Waals surface area contributed by atoms with Gasteiger partial charge in [-0.3, -0.25) is 4.79 Å². The molecule has 1 aromatic heterocycles. The van der Waals surface area contributed by atoms with E-state index < -0.39 is 17.6 Å². The van der Waals surface area contributed by atoms with Gasteiger partial charge in [0.15, 0.2) is 0 Å². The minimum Gasteiger partial charge on any atom is -0.378 e. The molecule has 0 saturated carbocycles. The van der Waals surface area contributed by atoms with Crippen molar-refractivity contribution >= 4 is 11.6 Å². The molecule has 0 atom stereocenters. The Hall–Kier alpha value is -3.33. The molecule has 0 unspecified atom stereocenters. The lowest BCUT2D eigenvalue weighted by Gasteiger charge is -2.29. The van der Waals surface area contributed by atoms with Crippen LogP contribution in [-0.4, -0.2) is 42.0 Å². The Balaban J connectivity index is 1.54. The van der Waals surface area contributed by atoms with Crippen LogP contribution < -0.4 is 10.2 Å². The van der Waals surface area contributed by atoms with Gasteiger partial charge in [0.2, 0.25) is 0 Å². The zero-order valence-electron chi connectivity index (χ0n) is 19.2. The number of morpholine rings is 1. The van der Waals surface area contributed by atoms with Gasteiger partial charge in [0.1, 0.15) is 0 Å². The molecule has 1 amide bonds. The highest BCUT2D eigenvalue weighted by atomic mass is 19.4. The van der Waals surface area contributed by atoms with Gasteiger partial charge in [-0.1, -0.05) is 30.7 Å². The number of aryl methyl sites for hydroxylation is 1. The van der Waals surface area contributed by atoms with E-state index in [-0.39, 0.29) is 12.1 Å². The summed E-state index contributed by atoms with van der Waals surface area (Å²) < 4.78 is 48.4. The fourth-order valence-corrected chi connectivity index (χ4v) is 4.08. The molecular formula is C25H27F3N4O2. The summed E-state index contributed by atoms with van der Waals surface area (Å²) in [5, 5.41) is 6.99. The number of hydrogen-bond donors (Lipinski definition) is 1. The molecule has 180 valence electrons. The van der Waals surface area contributed by atoms with E-state index in [1.165, 1.54) is 12.3 Å². The van der Waals surface area contributed by atoms with Gasteiger partial charge < -0.3 is 15.0 Å². The summed E-state index contributed by atoms with van der Waals surface area (Å²) in [4.78, 5) is 14.8. The Labute approximate surface area is 196 Å². The molecule has 0 radical (unpaired) electrons. The minimum atomic E-state index is -4.53. The normalized spacial score (nSPS) is 14.3. The number of amides is 1. The molecule has 4 rings (SSSR count). The molecule has 1 aliphatic heterocycles. The fraction of sp³-hybridized carbons (Fsp3) is 0.360. The maximum atomic E-state index is 13.8. The lowest BCUT2D eigenvalue weighted by molar-refractivity contribution is -0.138. The highest BCUT2D eigenvalue weighted by molar-refractivity contribution is 5.95. The third-order valence-corrected chi connectivity index (χ3v) is 5.94. The van der Waals surface area contributed by atoms with E-state index in [2.05, 4.69) is 10.4 Å². The topological polar surface area (TPSA) is 59.4 Å². The van der Waals surface area contributed by atoms with Crippen LogP contribution in [0, 0.1) is 6.92 Å². The summed E-state index contributed by atoms with van der Waals surface area (Å²) in [6.45, 7) is 5.69. The van der Waals surface area contributed by atoms with Gasteiger partial charge in [-0.2, -0.15) is 18.3 Å². The predicted octanol–water partition coefficient (Wildman–Crippen LogP) is 4.53. The molecule has 2 aromatic carbocycles. The van der Waals surface area contributed by atoms with Crippen LogP contribution in [0.3, 0.4) is 0 Å². The predicted molar refractivity (Wildman–Crippen MR) is 123 cm³/mol. The largest absolute Gasteiger partial charge is 0.416 e. The number of alkyl halides is 3. The van der Waals surface area contributed by atoms with Crippen molar-refractivity contribution in [2.24, 2.45) is 0 Å². The zero-order valence-corrected chi connectivity index (χ0v) is 19.2. The van der Waals surface area contributed by atoms with E-state index in [0.29, 0.717) is 49.7 Å². The lowest BCUT2D eigenvalue weighted by atomic mass is 10.0. The highest BCUT2D eigenvalue weighted by Crippen LogP contribution is 2.35. The van der Waals surface area contributed by atoms with Crippen molar-refractivity contribution in [2.45, 2.75) is 33.0 Å². The van der Waals surface area contributed by atoms with Gasteiger partial charge in [0, 0.05) is 25.3 Å². The Morgan fingerprint density at radius 3 is 2.41 bits per heavy atom. The van der Waals surface area contributed by atoms with Crippen LogP contribution in [0.1, 0.15) is 39.7 Å². The van der Waals surface area contributed by atoms with Crippen LogP contribution in [0.4, 0.5) is 18.9 Å². The summed E-state index contributed by atoms with van der Waals surface area (Å²) in [5.41, 5.74) is 2.73. The van der Waals surface area contributed by atoms with Crippen LogP contribution in [0.5, 0.6) is 0 Å². The lowest BCUT2D eigenvalue weighted by Crippen LogP contribution is -2.36. The van der Waals surface area contributed by atoms with E-state index in [1.54, 1.807) is 10.7 Å². The Morgan fingerprint density at radius 2 is 1.76 bits per heavy atom. The number of carbonyl (C=O) groups excluding carboxylic acids is 1. The molecule has 6 nitrogen and oxygen atoms in total. The summed E-state index contributed by atoms with van der Waals surface area (Å²) >= 11 is 0. The number of benzene rings is 2. The molecule has 3 aromatic rings. The number of ether oxygens (including phenoxy) is 1. The molecule has 0 spiro atoms.